The minimum absolute atomic E-state index is 0.0253. The maximum atomic E-state index is 12.8. The molecule has 34 heavy (non-hydrogen) atoms. The zero-order valence-corrected chi connectivity index (χ0v) is 21.4. The van der Waals surface area contributed by atoms with Gasteiger partial charge in [0.1, 0.15) is 5.60 Å². The van der Waals surface area contributed by atoms with Crippen molar-refractivity contribution in [3.63, 3.8) is 0 Å². The maximum absolute atomic E-state index is 12.8. The molecular formula is C26H39N3O5. The molecule has 1 aromatic rings. The Morgan fingerprint density at radius 1 is 1.26 bits per heavy atom. The first kappa shape index (κ1) is 27.3. The topological polar surface area (TPSA) is 92.1 Å². The summed E-state index contributed by atoms with van der Waals surface area (Å²) in [5.41, 5.74) is -0.0374. The van der Waals surface area contributed by atoms with Crippen molar-refractivity contribution < 1.29 is 23.8 Å². The number of piperidine rings is 1. The van der Waals surface area contributed by atoms with Gasteiger partial charge in [-0.3, -0.25) is 4.79 Å². The molecule has 0 radical (unpaired) electrons. The van der Waals surface area contributed by atoms with Gasteiger partial charge in [-0.25, -0.2) is 4.79 Å². The summed E-state index contributed by atoms with van der Waals surface area (Å²) in [5, 5.41) is 9.00. The van der Waals surface area contributed by atoms with Gasteiger partial charge in [-0.05, 0) is 71.9 Å². The van der Waals surface area contributed by atoms with Crippen LogP contribution in [0.15, 0.2) is 18.2 Å². The third-order valence-corrected chi connectivity index (χ3v) is 5.66. The Kier molecular flexibility index (Phi) is 10.0. The molecule has 1 heterocycles. The Labute approximate surface area is 203 Å². The number of carbonyl (C=O) groups is 2. The smallest absolute Gasteiger partial charge is 0.410 e. The quantitative estimate of drug-likeness (QED) is 0.486. The summed E-state index contributed by atoms with van der Waals surface area (Å²) in [6, 6.07) is 7.11. The minimum Gasteiger partial charge on any atom is -0.493 e. The third kappa shape index (κ3) is 8.44. The number of likely N-dealkylation sites (tertiary alicyclic amines) is 1. The van der Waals surface area contributed by atoms with E-state index >= 15 is 0 Å². The van der Waals surface area contributed by atoms with E-state index in [0.717, 1.165) is 19.4 Å². The number of hydrogen-bond acceptors (Lipinski definition) is 6. The second-order valence-electron chi connectivity index (χ2n) is 10.0. The highest BCUT2D eigenvalue weighted by Crippen LogP contribution is 2.28. The van der Waals surface area contributed by atoms with E-state index in [2.05, 4.69) is 6.07 Å². The van der Waals surface area contributed by atoms with Crippen molar-refractivity contribution >= 4 is 12.0 Å². The number of nitrogens with zero attached hydrogens (tertiary/aromatic N) is 3. The number of benzene rings is 1. The Bertz CT molecular complexity index is 872. The Morgan fingerprint density at radius 2 is 2.00 bits per heavy atom. The molecule has 1 atom stereocenters. The highest BCUT2D eigenvalue weighted by Gasteiger charge is 2.30. The monoisotopic (exact) mass is 473 g/mol. The third-order valence-electron chi connectivity index (χ3n) is 5.66. The van der Waals surface area contributed by atoms with Crippen molar-refractivity contribution in [3.05, 3.63) is 23.8 Å². The van der Waals surface area contributed by atoms with Gasteiger partial charge in [0.05, 0.1) is 25.3 Å². The molecule has 0 spiro atoms. The molecule has 1 saturated heterocycles. The minimum atomic E-state index is -0.539. The molecule has 0 bridgehead atoms. The summed E-state index contributed by atoms with van der Waals surface area (Å²) in [7, 11) is 1.53. The van der Waals surface area contributed by atoms with Crippen LogP contribution in [0.4, 0.5) is 4.79 Å². The van der Waals surface area contributed by atoms with E-state index in [9.17, 15) is 9.59 Å². The summed E-state index contributed by atoms with van der Waals surface area (Å²) in [5.74, 6) is 1.40. The number of rotatable bonds is 9. The molecule has 0 aliphatic carbocycles. The number of ether oxygens (including phenoxy) is 3. The van der Waals surface area contributed by atoms with E-state index in [-0.39, 0.29) is 24.0 Å². The fourth-order valence-corrected chi connectivity index (χ4v) is 3.96. The lowest BCUT2D eigenvalue weighted by Gasteiger charge is -2.37. The van der Waals surface area contributed by atoms with Gasteiger partial charge in [0.2, 0.25) is 5.91 Å². The van der Waals surface area contributed by atoms with Crippen LogP contribution in [0.2, 0.25) is 0 Å². The van der Waals surface area contributed by atoms with Gasteiger partial charge < -0.3 is 24.0 Å². The number of hydrogen-bond donors (Lipinski definition) is 0. The molecule has 1 aromatic carbocycles. The van der Waals surface area contributed by atoms with Gasteiger partial charge in [-0.15, -0.1) is 0 Å². The van der Waals surface area contributed by atoms with Crippen LogP contribution in [0.5, 0.6) is 11.5 Å². The summed E-state index contributed by atoms with van der Waals surface area (Å²) < 4.78 is 16.6. The number of methoxy groups -OCH3 is 1. The van der Waals surface area contributed by atoms with Crippen molar-refractivity contribution in [2.75, 3.05) is 33.4 Å². The highest BCUT2D eigenvalue weighted by molar-refractivity contribution is 5.76. The molecule has 0 aromatic heterocycles. The first-order valence-electron chi connectivity index (χ1n) is 12.0. The molecule has 1 aliphatic heterocycles. The molecule has 0 saturated carbocycles. The fourth-order valence-electron chi connectivity index (χ4n) is 3.96. The molecule has 0 N–H and O–H groups in total. The molecule has 188 valence electrons. The molecule has 8 nitrogen and oxygen atoms in total. The lowest BCUT2D eigenvalue weighted by atomic mass is 9.96. The van der Waals surface area contributed by atoms with Crippen LogP contribution in [-0.4, -0.2) is 66.8 Å². The van der Waals surface area contributed by atoms with E-state index in [1.54, 1.807) is 23.1 Å². The van der Waals surface area contributed by atoms with Crippen LogP contribution in [-0.2, 0) is 9.53 Å². The van der Waals surface area contributed by atoms with Crippen molar-refractivity contribution in [2.24, 2.45) is 5.92 Å². The van der Waals surface area contributed by atoms with Crippen molar-refractivity contribution in [1.29, 1.82) is 5.26 Å². The molecule has 1 fully saturated rings. The number of carbonyl (C=O) groups excluding carboxylic acids is 2. The van der Waals surface area contributed by atoms with Gasteiger partial charge in [-0.2, -0.15) is 5.26 Å². The van der Waals surface area contributed by atoms with Crippen LogP contribution in [0, 0.1) is 17.2 Å². The SMILES string of the molecule is COc1cc(C#N)ccc1OCCCC(=O)N1CCCC(CN(C(=O)OC(C)(C)C)C(C)C)C1. The second-order valence-corrected chi connectivity index (χ2v) is 10.0. The molecule has 1 aliphatic rings. The zero-order chi connectivity index (χ0) is 25.3. The lowest BCUT2D eigenvalue weighted by molar-refractivity contribution is -0.133. The number of nitriles is 1. The number of amides is 2. The van der Waals surface area contributed by atoms with Gasteiger partial charge in [0.15, 0.2) is 11.5 Å². The van der Waals surface area contributed by atoms with Crippen LogP contribution in [0.25, 0.3) is 0 Å². The van der Waals surface area contributed by atoms with Crippen LogP contribution >= 0.6 is 0 Å². The van der Waals surface area contributed by atoms with Gasteiger partial charge >= 0.3 is 6.09 Å². The molecule has 2 rings (SSSR count). The van der Waals surface area contributed by atoms with Gasteiger partial charge in [-0.1, -0.05) is 0 Å². The van der Waals surface area contributed by atoms with Crippen molar-refractivity contribution in [2.45, 2.75) is 71.9 Å². The van der Waals surface area contributed by atoms with Crippen LogP contribution in [0.3, 0.4) is 0 Å². The van der Waals surface area contributed by atoms with Crippen LogP contribution < -0.4 is 9.47 Å². The van der Waals surface area contributed by atoms with Gasteiger partial charge in [0, 0.05) is 38.2 Å². The normalized spacial score (nSPS) is 16.1. The summed E-state index contributed by atoms with van der Waals surface area (Å²) in [4.78, 5) is 29.1. The first-order valence-corrected chi connectivity index (χ1v) is 12.0. The largest absolute Gasteiger partial charge is 0.493 e. The predicted octanol–water partition coefficient (Wildman–Crippen LogP) is 4.61. The molecule has 2 amide bonds. The summed E-state index contributed by atoms with van der Waals surface area (Å²) in [6.07, 6.45) is 2.58. The van der Waals surface area contributed by atoms with Crippen LogP contribution in [0.1, 0.15) is 65.9 Å². The average molecular weight is 474 g/mol. The van der Waals surface area contributed by atoms with E-state index in [0.29, 0.717) is 49.6 Å². The second kappa shape index (κ2) is 12.5. The first-order chi connectivity index (χ1) is 16.0. The van der Waals surface area contributed by atoms with E-state index < -0.39 is 5.60 Å². The lowest BCUT2D eigenvalue weighted by Crippen LogP contribution is -2.48. The molecule has 1 unspecified atom stereocenters. The van der Waals surface area contributed by atoms with E-state index in [1.165, 1.54) is 7.11 Å². The van der Waals surface area contributed by atoms with Gasteiger partial charge in [0.25, 0.3) is 0 Å². The zero-order valence-electron chi connectivity index (χ0n) is 21.4. The Morgan fingerprint density at radius 3 is 2.62 bits per heavy atom. The summed E-state index contributed by atoms with van der Waals surface area (Å²) in [6.45, 7) is 11.9. The fraction of sp³-hybridized carbons (Fsp3) is 0.654. The molecular weight excluding hydrogens is 434 g/mol. The van der Waals surface area contributed by atoms with E-state index in [1.807, 2.05) is 39.5 Å². The van der Waals surface area contributed by atoms with Crippen molar-refractivity contribution in [1.82, 2.24) is 9.80 Å². The summed E-state index contributed by atoms with van der Waals surface area (Å²) >= 11 is 0. The molecule has 8 heteroatoms. The highest BCUT2D eigenvalue weighted by atomic mass is 16.6. The maximum Gasteiger partial charge on any atom is 0.410 e. The standard InChI is InChI=1S/C26H39N3O5/c1-19(2)29(25(31)34-26(3,4)5)18-21-9-7-13-28(17-21)24(30)10-8-14-33-22-12-11-20(16-27)15-23(22)32-6/h11-12,15,19,21H,7-10,13-14,17-18H2,1-6H3. The Balaban J connectivity index is 1.83. The van der Waals surface area contributed by atoms with E-state index in [4.69, 9.17) is 19.5 Å². The predicted molar refractivity (Wildman–Crippen MR) is 130 cm³/mol. The Hall–Kier alpha value is -2.95. The van der Waals surface area contributed by atoms with Crippen molar-refractivity contribution in [3.8, 4) is 17.6 Å². The average Bonchev–Trinajstić information content (AvgIpc) is 2.78.